The molecule has 160 valence electrons. The Bertz CT molecular complexity index is 1090. The van der Waals surface area contributed by atoms with Gasteiger partial charge in [-0.1, -0.05) is 60.2 Å². The van der Waals surface area contributed by atoms with Crippen molar-refractivity contribution in [3.8, 4) is 0 Å². The second-order valence-electron chi connectivity index (χ2n) is 8.06. The van der Waals surface area contributed by atoms with Crippen LogP contribution in [0.4, 0.5) is 4.39 Å². The Morgan fingerprint density at radius 3 is 2.35 bits per heavy atom. The molecule has 31 heavy (non-hydrogen) atoms. The fourth-order valence-electron chi connectivity index (χ4n) is 3.83. The Labute approximate surface area is 187 Å². The summed E-state index contributed by atoms with van der Waals surface area (Å²) in [5.41, 5.74) is 4.29. The number of hydrogen-bond acceptors (Lipinski definition) is 2. The molecule has 0 aliphatic carbocycles. The lowest BCUT2D eigenvalue weighted by atomic mass is 10.1. The fraction of sp³-hybridized carbons (Fsp3) is 0.269. The quantitative estimate of drug-likeness (QED) is 0.491. The van der Waals surface area contributed by atoms with Gasteiger partial charge in [-0.05, 0) is 53.3 Å². The summed E-state index contributed by atoms with van der Waals surface area (Å²) in [6.07, 6.45) is 6.49. The van der Waals surface area contributed by atoms with Crippen LogP contribution in [0.25, 0.3) is 12.2 Å². The van der Waals surface area contributed by atoms with Crippen LogP contribution >= 0.6 is 11.6 Å². The molecule has 0 N–H and O–H groups in total. The molecule has 4 rings (SSSR count). The van der Waals surface area contributed by atoms with Crippen molar-refractivity contribution >= 4 is 23.8 Å². The number of pyridine rings is 1. The highest BCUT2D eigenvalue weighted by Crippen LogP contribution is 2.16. The van der Waals surface area contributed by atoms with Crippen LogP contribution in [0.2, 0.25) is 5.02 Å². The van der Waals surface area contributed by atoms with Gasteiger partial charge in [-0.2, -0.15) is 0 Å². The number of nitrogens with zero attached hydrogens (tertiary/aromatic N) is 2. The van der Waals surface area contributed by atoms with E-state index in [-0.39, 0.29) is 5.56 Å². The molecule has 0 amide bonds. The zero-order chi connectivity index (χ0) is 21.6. The van der Waals surface area contributed by atoms with E-state index in [4.69, 9.17) is 11.6 Å². The lowest BCUT2D eigenvalue weighted by Gasteiger charge is -2.14. The second kappa shape index (κ2) is 10.1. The number of alkyl halides is 1. The Morgan fingerprint density at radius 2 is 1.68 bits per heavy atom. The summed E-state index contributed by atoms with van der Waals surface area (Å²) < 4.78 is 15.1. The molecule has 3 aromatic rings. The van der Waals surface area contributed by atoms with Gasteiger partial charge in [-0.25, -0.2) is 4.39 Å². The van der Waals surface area contributed by atoms with E-state index in [0.717, 1.165) is 30.6 Å². The van der Waals surface area contributed by atoms with E-state index in [1.165, 1.54) is 11.1 Å². The zero-order valence-corrected chi connectivity index (χ0v) is 18.1. The van der Waals surface area contributed by atoms with Crippen LogP contribution in [-0.2, 0) is 19.5 Å². The minimum Gasteiger partial charge on any atom is -0.315 e. The Balaban J connectivity index is 1.32. The molecule has 0 radical (unpaired) electrons. The number of benzene rings is 2. The summed E-state index contributed by atoms with van der Waals surface area (Å²) in [6.45, 7) is 2.80. The fourth-order valence-corrected chi connectivity index (χ4v) is 3.95. The van der Waals surface area contributed by atoms with Gasteiger partial charge in [0.05, 0.1) is 0 Å². The number of aromatic nitrogens is 1. The molecule has 0 saturated carbocycles. The molecule has 3 nitrogen and oxygen atoms in total. The van der Waals surface area contributed by atoms with Crippen LogP contribution in [0.5, 0.6) is 0 Å². The second-order valence-corrected chi connectivity index (χ2v) is 8.50. The van der Waals surface area contributed by atoms with Crippen molar-refractivity contribution in [3.63, 3.8) is 0 Å². The number of likely N-dealkylation sites (tertiary alicyclic amines) is 1. The molecule has 1 aliphatic rings. The van der Waals surface area contributed by atoms with E-state index in [0.29, 0.717) is 24.5 Å². The van der Waals surface area contributed by atoms with Crippen molar-refractivity contribution < 1.29 is 4.39 Å². The topological polar surface area (TPSA) is 25.2 Å². The van der Waals surface area contributed by atoms with Crippen molar-refractivity contribution in [3.05, 3.63) is 104 Å². The van der Waals surface area contributed by atoms with Crippen molar-refractivity contribution in [1.82, 2.24) is 9.47 Å². The van der Waals surface area contributed by atoms with Crippen molar-refractivity contribution in [2.24, 2.45) is 0 Å². The molecule has 0 unspecified atom stereocenters. The first-order valence-corrected chi connectivity index (χ1v) is 11.0. The maximum atomic E-state index is 13.3. The predicted molar refractivity (Wildman–Crippen MR) is 126 cm³/mol. The van der Waals surface area contributed by atoms with Gasteiger partial charge in [-0.3, -0.25) is 9.69 Å². The molecule has 0 bridgehead atoms. The van der Waals surface area contributed by atoms with Gasteiger partial charge in [0, 0.05) is 43.5 Å². The molecular formula is C26H26ClFN2O. The molecule has 1 aliphatic heterocycles. The lowest BCUT2D eigenvalue weighted by molar-refractivity contribution is 0.282. The normalized spacial score (nSPS) is 16.9. The third-order valence-electron chi connectivity index (χ3n) is 5.64. The molecule has 1 atom stereocenters. The molecule has 2 heterocycles. The van der Waals surface area contributed by atoms with Gasteiger partial charge in [0.15, 0.2) is 0 Å². The number of rotatable bonds is 7. The molecule has 2 aromatic carbocycles. The minimum atomic E-state index is -0.683. The first kappa shape index (κ1) is 21.5. The SMILES string of the molecule is O=c1cc(/C=C/c2ccc(Cl)cc2)ccn1CCc1ccc(CN2CC[C@H](F)C2)cc1. The smallest absolute Gasteiger partial charge is 0.251 e. The van der Waals surface area contributed by atoms with Crippen LogP contribution < -0.4 is 5.56 Å². The number of hydrogen-bond donors (Lipinski definition) is 0. The molecule has 1 saturated heterocycles. The van der Waals surface area contributed by atoms with Crippen LogP contribution in [0.3, 0.4) is 0 Å². The van der Waals surface area contributed by atoms with Gasteiger partial charge in [-0.15, -0.1) is 0 Å². The largest absolute Gasteiger partial charge is 0.315 e. The van der Waals surface area contributed by atoms with E-state index >= 15 is 0 Å². The van der Waals surface area contributed by atoms with Gasteiger partial charge < -0.3 is 4.57 Å². The molecule has 1 fully saturated rings. The Hall–Kier alpha value is -2.69. The Morgan fingerprint density at radius 1 is 0.968 bits per heavy atom. The first-order chi connectivity index (χ1) is 15.0. The minimum absolute atomic E-state index is 0.00955. The predicted octanol–water partition coefficient (Wildman–Crippen LogP) is 5.46. The summed E-state index contributed by atoms with van der Waals surface area (Å²) in [7, 11) is 0. The molecule has 5 heteroatoms. The maximum absolute atomic E-state index is 13.3. The summed E-state index contributed by atoms with van der Waals surface area (Å²) in [5, 5.41) is 0.705. The summed E-state index contributed by atoms with van der Waals surface area (Å²) >= 11 is 5.91. The first-order valence-electron chi connectivity index (χ1n) is 10.6. The Kier molecular flexibility index (Phi) is 7.00. The third kappa shape index (κ3) is 6.16. The lowest BCUT2D eigenvalue weighted by Crippen LogP contribution is -2.20. The summed E-state index contributed by atoms with van der Waals surface area (Å²) in [4.78, 5) is 14.6. The highest BCUT2D eigenvalue weighted by Gasteiger charge is 2.21. The molecule has 1 aromatic heterocycles. The summed E-state index contributed by atoms with van der Waals surface area (Å²) in [5.74, 6) is 0. The van der Waals surface area contributed by atoms with Crippen molar-refractivity contribution in [1.29, 1.82) is 0 Å². The van der Waals surface area contributed by atoms with E-state index in [1.807, 2.05) is 48.7 Å². The average molecular weight is 437 g/mol. The van der Waals surface area contributed by atoms with Crippen LogP contribution in [0, 0.1) is 0 Å². The zero-order valence-electron chi connectivity index (χ0n) is 17.4. The van der Waals surface area contributed by atoms with Crippen LogP contribution in [-0.4, -0.2) is 28.7 Å². The van der Waals surface area contributed by atoms with Crippen LogP contribution in [0.1, 0.15) is 28.7 Å². The van der Waals surface area contributed by atoms with Crippen LogP contribution in [0.15, 0.2) is 71.7 Å². The average Bonchev–Trinajstić information content (AvgIpc) is 3.18. The molecule has 0 spiro atoms. The van der Waals surface area contributed by atoms with Crippen molar-refractivity contribution in [2.75, 3.05) is 13.1 Å². The number of aryl methyl sites for hydroxylation is 2. The van der Waals surface area contributed by atoms with Gasteiger partial charge in [0.2, 0.25) is 0 Å². The van der Waals surface area contributed by atoms with E-state index < -0.39 is 6.17 Å². The van der Waals surface area contributed by atoms with Gasteiger partial charge in [0.1, 0.15) is 6.17 Å². The van der Waals surface area contributed by atoms with Crippen molar-refractivity contribution in [2.45, 2.75) is 32.1 Å². The van der Waals surface area contributed by atoms with Gasteiger partial charge in [0.25, 0.3) is 5.56 Å². The molecular weight excluding hydrogens is 411 g/mol. The van der Waals surface area contributed by atoms with Gasteiger partial charge >= 0.3 is 0 Å². The monoisotopic (exact) mass is 436 g/mol. The third-order valence-corrected chi connectivity index (χ3v) is 5.90. The number of halogens is 2. The summed E-state index contributed by atoms with van der Waals surface area (Å²) in [6, 6.07) is 19.6. The van der Waals surface area contributed by atoms with E-state index in [1.54, 1.807) is 10.6 Å². The van der Waals surface area contributed by atoms with E-state index in [9.17, 15) is 9.18 Å². The maximum Gasteiger partial charge on any atom is 0.251 e. The standard InChI is InChI=1S/C26H26ClFN2O/c27-24-9-7-20(8-10-24)1-4-22-12-16-30(26(31)17-22)15-11-21-2-5-23(6-3-21)18-29-14-13-25(28)19-29/h1-10,12,16-17,25H,11,13-15,18-19H2/b4-1+/t25-/m0/s1. The van der Waals surface area contributed by atoms with E-state index in [2.05, 4.69) is 29.2 Å². The highest BCUT2D eigenvalue weighted by atomic mass is 35.5. The highest BCUT2D eigenvalue weighted by molar-refractivity contribution is 6.30.